The lowest BCUT2D eigenvalue weighted by Crippen LogP contribution is -2.00. The molecule has 0 heterocycles. The van der Waals surface area contributed by atoms with Crippen LogP contribution in [0.15, 0.2) is 29.3 Å². The standard InChI is InChI=1S/C11H14ClNO2/c1-8(6-12)7-15-10-4-3-9(13)5-11(10)14-2/h3-6H,7,13H2,1-2H3/b8-6+. The lowest BCUT2D eigenvalue weighted by atomic mass is 10.3. The number of rotatable bonds is 4. The van der Waals surface area contributed by atoms with Crippen molar-refractivity contribution in [2.45, 2.75) is 6.92 Å². The molecule has 0 spiro atoms. The van der Waals surface area contributed by atoms with Crippen LogP contribution in [0.3, 0.4) is 0 Å². The second kappa shape index (κ2) is 5.51. The molecule has 0 saturated carbocycles. The maximum absolute atomic E-state index is 5.62. The Hall–Kier alpha value is -1.35. The normalized spacial score (nSPS) is 11.3. The molecule has 1 rings (SSSR count). The molecule has 2 N–H and O–H groups in total. The Morgan fingerprint density at radius 1 is 1.47 bits per heavy atom. The van der Waals surface area contributed by atoms with Gasteiger partial charge in [-0.1, -0.05) is 11.6 Å². The fourth-order valence-electron chi connectivity index (χ4n) is 1.03. The van der Waals surface area contributed by atoms with E-state index in [-0.39, 0.29) is 0 Å². The Bertz CT molecular complexity index is 364. The van der Waals surface area contributed by atoms with Gasteiger partial charge in [0, 0.05) is 17.3 Å². The highest BCUT2D eigenvalue weighted by Gasteiger charge is 2.04. The molecule has 0 unspecified atom stereocenters. The van der Waals surface area contributed by atoms with Crippen LogP contribution in [0, 0.1) is 0 Å². The van der Waals surface area contributed by atoms with E-state index in [1.54, 1.807) is 25.3 Å². The van der Waals surface area contributed by atoms with Crippen molar-refractivity contribution in [3.05, 3.63) is 29.3 Å². The lowest BCUT2D eigenvalue weighted by molar-refractivity contribution is 0.320. The summed E-state index contributed by atoms with van der Waals surface area (Å²) in [5.74, 6) is 1.28. The number of nitrogens with two attached hydrogens (primary N) is 1. The Labute approximate surface area is 94.4 Å². The summed E-state index contributed by atoms with van der Waals surface area (Å²) >= 11 is 5.52. The topological polar surface area (TPSA) is 44.5 Å². The first-order valence-corrected chi connectivity index (χ1v) is 4.93. The quantitative estimate of drug-likeness (QED) is 0.805. The minimum absolute atomic E-state index is 0.434. The first-order valence-electron chi connectivity index (χ1n) is 4.49. The van der Waals surface area contributed by atoms with Crippen molar-refractivity contribution < 1.29 is 9.47 Å². The summed E-state index contributed by atoms with van der Waals surface area (Å²) in [6.45, 7) is 2.32. The van der Waals surface area contributed by atoms with Gasteiger partial charge in [0.1, 0.15) is 6.61 Å². The van der Waals surface area contributed by atoms with Gasteiger partial charge in [-0.15, -0.1) is 0 Å². The van der Waals surface area contributed by atoms with Crippen molar-refractivity contribution in [1.82, 2.24) is 0 Å². The van der Waals surface area contributed by atoms with Crippen molar-refractivity contribution in [2.24, 2.45) is 0 Å². The molecule has 1 aromatic rings. The summed E-state index contributed by atoms with van der Waals surface area (Å²) in [4.78, 5) is 0. The lowest BCUT2D eigenvalue weighted by Gasteiger charge is -2.10. The smallest absolute Gasteiger partial charge is 0.162 e. The van der Waals surface area contributed by atoms with Crippen molar-refractivity contribution in [3.8, 4) is 11.5 Å². The molecule has 4 heteroatoms. The molecule has 15 heavy (non-hydrogen) atoms. The molecule has 1 aromatic carbocycles. The molecule has 0 amide bonds. The van der Waals surface area contributed by atoms with Crippen LogP contribution in [-0.2, 0) is 0 Å². The molecule has 0 bridgehead atoms. The SMILES string of the molecule is COc1cc(N)ccc1OC/C(C)=C/Cl. The Kier molecular flexibility index (Phi) is 4.31. The summed E-state index contributed by atoms with van der Waals surface area (Å²) in [6.07, 6.45) is 0. The fourth-order valence-corrected chi connectivity index (χ4v) is 1.09. The second-order valence-corrected chi connectivity index (χ2v) is 3.37. The molecular formula is C11H14ClNO2. The van der Waals surface area contributed by atoms with E-state index in [1.165, 1.54) is 5.54 Å². The highest BCUT2D eigenvalue weighted by Crippen LogP contribution is 2.29. The average Bonchev–Trinajstić information content (AvgIpc) is 2.26. The number of ether oxygens (including phenoxy) is 2. The molecule has 0 fully saturated rings. The fraction of sp³-hybridized carbons (Fsp3) is 0.273. The van der Waals surface area contributed by atoms with Gasteiger partial charge in [-0.25, -0.2) is 0 Å². The third-order valence-electron chi connectivity index (χ3n) is 1.83. The molecule has 0 aliphatic rings. The molecular weight excluding hydrogens is 214 g/mol. The van der Waals surface area contributed by atoms with E-state index in [0.717, 1.165) is 5.57 Å². The monoisotopic (exact) mass is 227 g/mol. The molecule has 3 nitrogen and oxygen atoms in total. The number of hydrogen-bond donors (Lipinski definition) is 1. The molecule has 82 valence electrons. The van der Waals surface area contributed by atoms with Crippen molar-refractivity contribution in [3.63, 3.8) is 0 Å². The van der Waals surface area contributed by atoms with Gasteiger partial charge in [-0.2, -0.15) is 0 Å². The largest absolute Gasteiger partial charge is 0.493 e. The van der Waals surface area contributed by atoms with Crippen LogP contribution in [0.1, 0.15) is 6.92 Å². The van der Waals surface area contributed by atoms with Gasteiger partial charge in [0.2, 0.25) is 0 Å². The Morgan fingerprint density at radius 2 is 2.20 bits per heavy atom. The van der Waals surface area contributed by atoms with Gasteiger partial charge in [-0.05, 0) is 24.6 Å². The van der Waals surface area contributed by atoms with Crippen LogP contribution in [0.25, 0.3) is 0 Å². The van der Waals surface area contributed by atoms with Gasteiger partial charge in [0.15, 0.2) is 11.5 Å². The van der Waals surface area contributed by atoms with E-state index in [0.29, 0.717) is 23.8 Å². The zero-order chi connectivity index (χ0) is 11.3. The predicted octanol–water partition coefficient (Wildman–Crippen LogP) is 2.80. The summed E-state index contributed by atoms with van der Waals surface area (Å²) < 4.78 is 10.6. The van der Waals surface area contributed by atoms with Gasteiger partial charge in [-0.3, -0.25) is 0 Å². The number of methoxy groups -OCH3 is 1. The third-order valence-corrected chi connectivity index (χ3v) is 2.20. The maximum atomic E-state index is 5.62. The van der Waals surface area contributed by atoms with Crippen LogP contribution in [0.5, 0.6) is 11.5 Å². The zero-order valence-electron chi connectivity index (χ0n) is 8.79. The van der Waals surface area contributed by atoms with Crippen LogP contribution in [-0.4, -0.2) is 13.7 Å². The van der Waals surface area contributed by atoms with Gasteiger partial charge in [0.25, 0.3) is 0 Å². The maximum Gasteiger partial charge on any atom is 0.162 e. The van der Waals surface area contributed by atoms with Gasteiger partial charge >= 0.3 is 0 Å². The van der Waals surface area contributed by atoms with E-state index < -0.39 is 0 Å². The van der Waals surface area contributed by atoms with Crippen LogP contribution >= 0.6 is 11.6 Å². The second-order valence-electron chi connectivity index (χ2n) is 3.15. The van der Waals surface area contributed by atoms with Crippen LogP contribution < -0.4 is 15.2 Å². The van der Waals surface area contributed by atoms with Crippen molar-refractivity contribution in [2.75, 3.05) is 19.5 Å². The first-order chi connectivity index (χ1) is 7.17. The summed E-state index contributed by atoms with van der Waals surface area (Å²) in [7, 11) is 1.58. The van der Waals surface area contributed by atoms with Gasteiger partial charge < -0.3 is 15.2 Å². The molecule has 0 saturated heterocycles. The first kappa shape index (κ1) is 11.7. The van der Waals surface area contributed by atoms with E-state index in [9.17, 15) is 0 Å². The van der Waals surface area contributed by atoms with E-state index in [4.69, 9.17) is 26.8 Å². The number of hydrogen-bond acceptors (Lipinski definition) is 3. The molecule has 0 aliphatic heterocycles. The van der Waals surface area contributed by atoms with E-state index in [2.05, 4.69) is 0 Å². The van der Waals surface area contributed by atoms with E-state index >= 15 is 0 Å². The number of benzene rings is 1. The third kappa shape index (κ3) is 3.36. The molecule has 0 radical (unpaired) electrons. The van der Waals surface area contributed by atoms with Crippen LogP contribution in [0.2, 0.25) is 0 Å². The number of halogens is 1. The summed E-state index contributed by atoms with van der Waals surface area (Å²) in [5.41, 5.74) is 8.69. The minimum atomic E-state index is 0.434. The molecule has 0 aliphatic carbocycles. The average molecular weight is 228 g/mol. The Morgan fingerprint density at radius 3 is 2.80 bits per heavy atom. The Balaban J connectivity index is 2.76. The van der Waals surface area contributed by atoms with Crippen molar-refractivity contribution in [1.29, 1.82) is 0 Å². The highest BCUT2D eigenvalue weighted by atomic mass is 35.5. The zero-order valence-corrected chi connectivity index (χ0v) is 9.54. The highest BCUT2D eigenvalue weighted by molar-refractivity contribution is 6.25. The van der Waals surface area contributed by atoms with E-state index in [1.807, 2.05) is 6.92 Å². The summed E-state index contributed by atoms with van der Waals surface area (Å²) in [6, 6.07) is 5.25. The molecule has 0 atom stereocenters. The van der Waals surface area contributed by atoms with Crippen molar-refractivity contribution >= 4 is 17.3 Å². The molecule has 0 aromatic heterocycles. The van der Waals surface area contributed by atoms with Gasteiger partial charge in [0.05, 0.1) is 7.11 Å². The predicted molar refractivity (Wildman–Crippen MR) is 62.5 cm³/mol. The summed E-state index contributed by atoms with van der Waals surface area (Å²) in [5, 5.41) is 0. The minimum Gasteiger partial charge on any atom is -0.493 e. The number of anilines is 1. The number of nitrogen functional groups attached to an aromatic ring is 1. The van der Waals surface area contributed by atoms with Crippen LogP contribution in [0.4, 0.5) is 5.69 Å².